The molecular formula is C24H24N2O3. The minimum atomic E-state index is -0.298. The molecule has 1 heterocycles. The molecular weight excluding hydrogens is 364 g/mol. The summed E-state index contributed by atoms with van der Waals surface area (Å²) in [7, 11) is 1.54. The number of methoxy groups -OCH3 is 1. The standard InChI is InChI=1S/C24H24N2O3/c1-17-7-9-19(10-8-17)16-26-13-5-4-6-23(26)25-24(28)15-21-14-20(18(2)27)11-12-22(21)29-3/h4-14H,15-16H2,1-3H3. The number of benzene rings is 2. The second kappa shape index (κ2) is 9.15. The number of aromatic nitrogens is 1. The van der Waals surface area contributed by atoms with E-state index in [-0.39, 0.29) is 18.1 Å². The number of pyridine rings is 1. The van der Waals surface area contributed by atoms with Crippen molar-refractivity contribution < 1.29 is 14.3 Å². The minimum absolute atomic E-state index is 0.0581. The van der Waals surface area contributed by atoms with E-state index in [9.17, 15) is 9.59 Å². The number of amides is 1. The van der Waals surface area contributed by atoms with E-state index in [0.717, 1.165) is 5.56 Å². The summed E-state index contributed by atoms with van der Waals surface area (Å²) in [6.45, 7) is 4.17. The van der Waals surface area contributed by atoms with Crippen molar-refractivity contribution in [1.29, 1.82) is 0 Å². The SMILES string of the molecule is COc1ccc(C(C)=O)cc1CC(=O)N=c1ccccn1Cc1ccc(C)cc1. The van der Waals surface area contributed by atoms with Crippen molar-refractivity contribution in [3.63, 3.8) is 0 Å². The fraction of sp³-hybridized carbons (Fsp3) is 0.208. The van der Waals surface area contributed by atoms with Crippen molar-refractivity contribution in [1.82, 2.24) is 4.57 Å². The number of ketones is 1. The van der Waals surface area contributed by atoms with Gasteiger partial charge >= 0.3 is 0 Å². The van der Waals surface area contributed by atoms with E-state index in [4.69, 9.17) is 4.74 Å². The molecule has 0 saturated heterocycles. The van der Waals surface area contributed by atoms with Crippen molar-refractivity contribution in [3.8, 4) is 5.75 Å². The topological polar surface area (TPSA) is 60.7 Å². The predicted octanol–water partition coefficient (Wildman–Crippen LogP) is 3.73. The Morgan fingerprint density at radius 3 is 2.48 bits per heavy atom. The Labute approximate surface area is 170 Å². The van der Waals surface area contributed by atoms with Crippen LogP contribution in [0.4, 0.5) is 0 Å². The highest BCUT2D eigenvalue weighted by atomic mass is 16.5. The van der Waals surface area contributed by atoms with Gasteiger partial charge in [0.05, 0.1) is 13.5 Å². The van der Waals surface area contributed by atoms with Crippen LogP contribution in [0.15, 0.2) is 71.9 Å². The number of carbonyl (C=O) groups is 2. The highest BCUT2D eigenvalue weighted by Gasteiger charge is 2.11. The fourth-order valence-corrected chi connectivity index (χ4v) is 3.06. The largest absolute Gasteiger partial charge is 0.496 e. The number of hydrogen-bond donors (Lipinski definition) is 0. The van der Waals surface area contributed by atoms with Gasteiger partial charge in [-0.05, 0) is 49.7 Å². The molecule has 0 unspecified atom stereocenters. The second-order valence-corrected chi connectivity index (χ2v) is 6.94. The molecule has 0 aliphatic carbocycles. The van der Waals surface area contributed by atoms with Gasteiger partial charge in [-0.1, -0.05) is 35.9 Å². The predicted molar refractivity (Wildman–Crippen MR) is 112 cm³/mol. The maximum Gasteiger partial charge on any atom is 0.252 e. The van der Waals surface area contributed by atoms with Crippen LogP contribution in [0.5, 0.6) is 5.75 Å². The van der Waals surface area contributed by atoms with Crippen molar-refractivity contribution in [2.75, 3.05) is 7.11 Å². The zero-order valence-electron chi connectivity index (χ0n) is 16.9. The van der Waals surface area contributed by atoms with E-state index < -0.39 is 0 Å². The molecule has 0 N–H and O–H groups in total. The van der Waals surface area contributed by atoms with Crippen molar-refractivity contribution >= 4 is 11.7 Å². The highest BCUT2D eigenvalue weighted by molar-refractivity contribution is 5.94. The number of ether oxygens (including phenoxy) is 1. The van der Waals surface area contributed by atoms with Crippen molar-refractivity contribution in [2.45, 2.75) is 26.8 Å². The van der Waals surface area contributed by atoms with Crippen LogP contribution in [0.1, 0.15) is 34.0 Å². The van der Waals surface area contributed by atoms with Gasteiger partial charge in [0.2, 0.25) is 0 Å². The maximum absolute atomic E-state index is 12.7. The Morgan fingerprint density at radius 2 is 1.79 bits per heavy atom. The van der Waals surface area contributed by atoms with Crippen molar-refractivity contribution in [3.05, 3.63) is 94.6 Å². The minimum Gasteiger partial charge on any atom is -0.496 e. The lowest BCUT2D eigenvalue weighted by Gasteiger charge is -2.09. The first-order chi connectivity index (χ1) is 14.0. The van der Waals surface area contributed by atoms with Gasteiger partial charge in [0, 0.05) is 23.9 Å². The van der Waals surface area contributed by atoms with Crippen LogP contribution >= 0.6 is 0 Å². The molecule has 0 aliphatic heterocycles. The molecule has 0 radical (unpaired) electrons. The molecule has 0 fully saturated rings. The van der Waals surface area contributed by atoms with Gasteiger partial charge in [-0.15, -0.1) is 0 Å². The zero-order valence-corrected chi connectivity index (χ0v) is 16.9. The third-order valence-electron chi connectivity index (χ3n) is 4.66. The van der Waals surface area contributed by atoms with Crippen LogP contribution in [0.3, 0.4) is 0 Å². The molecule has 0 saturated carbocycles. The molecule has 29 heavy (non-hydrogen) atoms. The first-order valence-electron chi connectivity index (χ1n) is 9.42. The van der Waals surface area contributed by atoms with Crippen LogP contribution in [0.2, 0.25) is 0 Å². The summed E-state index contributed by atoms with van der Waals surface area (Å²) >= 11 is 0. The van der Waals surface area contributed by atoms with Crippen LogP contribution in [0, 0.1) is 6.92 Å². The van der Waals surface area contributed by atoms with Crippen LogP contribution in [-0.2, 0) is 17.8 Å². The lowest BCUT2D eigenvalue weighted by molar-refractivity contribution is -0.117. The molecule has 0 spiro atoms. The van der Waals surface area contributed by atoms with E-state index in [2.05, 4.69) is 29.3 Å². The van der Waals surface area contributed by atoms with Gasteiger partial charge in [0.15, 0.2) is 5.78 Å². The Balaban J connectivity index is 1.87. The van der Waals surface area contributed by atoms with Gasteiger partial charge in [-0.2, -0.15) is 4.99 Å². The van der Waals surface area contributed by atoms with Crippen LogP contribution in [-0.4, -0.2) is 23.4 Å². The van der Waals surface area contributed by atoms with E-state index in [0.29, 0.717) is 28.9 Å². The Morgan fingerprint density at radius 1 is 1.03 bits per heavy atom. The molecule has 5 nitrogen and oxygen atoms in total. The highest BCUT2D eigenvalue weighted by Crippen LogP contribution is 2.21. The van der Waals surface area contributed by atoms with E-state index in [1.807, 2.05) is 35.9 Å². The Bertz CT molecular complexity index is 1100. The molecule has 2 aromatic carbocycles. The normalized spacial score (nSPS) is 11.3. The third-order valence-corrected chi connectivity index (χ3v) is 4.66. The summed E-state index contributed by atoms with van der Waals surface area (Å²) in [6, 6.07) is 18.9. The summed E-state index contributed by atoms with van der Waals surface area (Å²) < 4.78 is 7.27. The lowest BCUT2D eigenvalue weighted by atomic mass is 10.0. The molecule has 3 aromatic rings. The van der Waals surface area contributed by atoms with E-state index in [1.165, 1.54) is 12.5 Å². The summed E-state index contributed by atoms with van der Waals surface area (Å²) in [4.78, 5) is 28.6. The van der Waals surface area contributed by atoms with Gasteiger partial charge < -0.3 is 9.30 Å². The number of carbonyl (C=O) groups excluding carboxylic acids is 2. The number of hydrogen-bond acceptors (Lipinski definition) is 3. The Kier molecular flexibility index (Phi) is 6.39. The van der Waals surface area contributed by atoms with Crippen molar-refractivity contribution in [2.24, 2.45) is 4.99 Å². The monoisotopic (exact) mass is 388 g/mol. The smallest absolute Gasteiger partial charge is 0.252 e. The van der Waals surface area contributed by atoms with Gasteiger partial charge in [-0.3, -0.25) is 9.59 Å². The molecule has 1 amide bonds. The van der Waals surface area contributed by atoms with Gasteiger partial charge in [0.25, 0.3) is 5.91 Å². The van der Waals surface area contributed by atoms with E-state index in [1.54, 1.807) is 25.3 Å². The van der Waals surface area contributed by atoms with Gasteiger partial charge in [-0.25, -0.2) is 0 Å². The Hall–Kier alpha value is -3.47. The number of Topliss-reactive ketones (excluding diaryl/α,β-unsaturated/α-hetero) is 1. The van der Waals surface area contributed by atoms with E-state index >= 15 is 0 Å². The average molecular weight is 388 g/mol. The summed E-state index contributed by atoms with van der Waals surface area (Å²) in [5.41, 5.74) is 4.11. The third kappa shape index (κ3) is 5.29. The molecule has 0 aliphatic rings. The average Bonchev–Trinajstić information content (AvgIpc) is 2.71. The summed E-state index contributed by atoms with van der Waals surface area (Å²) in [5.74, 6) is 0.212. The number of aryl methyl sites for hydroxylation is 1. The fourth-order valence-electron chi connectivity index (χ4n) is 3.06. The number of rotatable bonds is 6. The lowest BCUT2D eigenvalue weighted by Crippen LogP contribution is -2.22. The molecule has 5 heteroatoms. The molecule has 1 aromatic heterocycles. The molecule has 148 valence electrons. The zero-order chi connectivity index (χ0) is 20.8. The summed E-state index contributed by atoms with van der Waals surface area (Å²) in [6.07, 6.45) is 1.96. The first-order valence-corrected chi connectivity index (χ1v) is 9.42. The quantitative estimate of drug-likeness (QED) is 0.605. The molecule has 0 atom stereocenters. The maximum atomic E-state index is 12.7. The van der Waals surface area contributed by atoms with Gasteiger partial charge in [0.1, 0.15) is 11.2 Å². The number of nitrogens with zero attached hydrogens (tertiary/aromatic N) is 2. The van der Waals surface area contributed by atoms with Crippen LogP contribution in [0.25, 0.3) is 0 Å². The second-order valence-electron chi connectivity index (χ2n) is 6.94. The van der Waals surface area contributed by atoms with Crippen LogP contribution < -0.4 is 10.2 Å². The molecule has 3 rings (SSSR count). The molecule has 0 bridgehead atoms. The first kappa shape index (κ1) is 20.3. The summed E-state index contributed by atoms with van der Waals surface area (Å²) in [5, 5.41) is 0.